The van der Waals surface area contributed by atoms with E-state index < -0.39 is 21.1 Å². The topological polar surface area (TPSA) is 128 Å². The zero-order valence-electron chi connectivity index (χ0n) is 17.5. The van der Waals surface area contributed by atoms with Gasteiger partial charge in [-0.25, -0.2) is 18.1 Å². The summed E-state index contributed by atoms with van der Waals surface area (Å²) in [6, 6.07) is 5.53. The van der Waals surface area contributed by atoms with Crippen molar-refractivity contribution in [3.8, 4) is 0 Å². The molecule has 1 atom stereocenters. The quantitative estimate of drug-likeness (QED) is 0.420. The van der Waals surface area contributed by atoms with Crippen molar-refractivity contribution in [1.29, 1.82) is 0 Å². The summed E-state index contributed by atoms with van der Waals surface area (Å²) in [5.74, 6) is -0.667. The molecule has 2 N–H and O–H groups in total. The van der Waals surface area contributed by atoms with E-state index >= 15 is 0 Å². The molecular weight excluding hydrogens is 475 g/mol. The molecule has 0 bridgehead atoms. The van der Waals surface area contributed by atoms with E-state index in [0.717, 1.165) is 6.20 Å². The van der Waals surface area contributed by atoms with Gasteiger partial charge in [0.2, 0.25) is 10.0 Å². The fourth-order valence-corrected chi connectivity index (χ4v) is 5.16. The molecule has 0 aliphatic carbocycles. The number of carbonyl (C=O) groups is 1. The smallest absolute Gasteiger partial charge is 0.280 e. The lowest BCUT2D eigenvalue weighted by Gasteiger charge is -2.23. The first-order valence-electron chi connectivity index (χ1n) is 10.4. The van der Waals surface area contributed by atoms with Gasteiger partial charge in [-0.15, -0.1) is 0 Å². The van der Waals surface area contributed by atoms with E-state index in [1.165, 1.54) is 24.3 Å². The zero-order valence-corrected chi connectivity index (χ0v) is 19.2. The highest BCUT2D eigenvalue weighted by atomic mass is 32.2. The van der Waals surface area contributed by atoms with Crippen molar-refractivity contribution >= 4 is 38.1 Å². The summed E-state index contributed by atoms with van der Waals surface area (Å²) in [6.07, 6.45) is 2.54. The number of amides is 1. The van der Waals surface area contributed by atoms with E-state index in [1.54, 1.807) is 0 Å². The van der Waals surface area contributed by atoms with Gasteiger partial charge in [0.1, 0.15) is 0 Å². The highest BCUT2D eigenvalue weighted by Crippen LogP contribution is 2.19. The van der Waals surface area contributed by atoms with Crippen molar-refractivity contribution in [2.24, 2.45) is 5.16 Å². The normalized spacial score (nSPS) is 20.0. The van der Waals surface area contributed by atoms with Gasteiger partial charge in [-0.3, -0.25) is 10.1 Å². The van der Waals surface area contributed by atoms with Gasteiger partial charge in [0.25, 0.3) is 5.91 Å². The van der Waals surface area contributed by atoms with Crippen molar-refractivity contribution in [2.75, 3.05) is 31.7 Å². The number of hydrogen-bond donors (Lipinski definition) is 2. The molecule has 0 radical (unpaired) electrons. The second-order valence-corrected chi connectivity index (χ2v) is 10.2. The summed E-state index contributed by atoms with van der Waals surface area (Å²) >= 11 is 0.672. The third-order valence-electron chi connectivity index (χ3n) is 5.08. The number of rotatable bonds is 8. The number of carbonyl (C=O) groups excluding carboxylic acids is 1. The SMILES string of the molecule is O=C(Nc1ncc(F)s1)/C(=N/O[C@@H]1CCOC1)c1ccc(S(=O)(=O)NC2CCOCC2)cc1. The summed E-state index contributed by atoms with van der Waals surface area (Å²) in [4.78, 5) is 22.1. The maximum absolute atomic E-state index is 13.2. The monoisotopic (exact) mass is 498 g/mol. The van der Waals surface area contributed by atoms with Crippen LogP contribution in [0.15, 0.2) is 40.5 Å². The van der Waals surface area contributed by atoms with Gasteiger partial charge in [-0.2, -0.15) is 4.39 Å². The molecule has 4 rings (SSSR count). The number of oxime groups is 1. The Morgan fingerprint density at radius 2 is 1.88 bits per heavy atom. The molecule has 1 aromatic carbocycles. The van der Waals surface area contributed by atoms with Gasteiger partial charge in [0, 0.05) is 31.2 Å². The zero-order chi connectivity index (χ0) is 23.3. The number of ether oxygens (including phenoxy) is 2. The second-order valence-electron chi connectivity index (χ2n) is 7.49. The minimum atomic E-state index is -3.74. The fourth-order valence-electron chi connectivity index (χ4n) is 3.31. The van der Waals surface area contributed by atoms with E-state index in [2.05, 4.69) is 20.2 Å². The molecule has 10 nitrogen and oxygen atoms in total. The Kier molecular flexibility index (Phi) is 7.65. The molecular formula is C20H23FN4O6S2. The van der Waals surface area contributed by atoms with Gasteiger partial charge in [0.05, 0.1) is 24.3 Å². The van der Waals surface area contributed by atoms with E-state index in [9.17, 15) is 17.6 Å². The van der Waals surface area contributed by atoms with Crippen LogP contribution in [-0.4, -0.2) is 63.6 Å². The number of halogens is 1. The summed E-state index contributed by atoms with van der Waals surface area (Å²) in [5, 5.41) is 5.99. The number of nitrogens with one attached hydrogen (secondary N) is 2. The summed E-state index contributed by atoms with van der Waals surface area (Å²) < 4.78 is 51.9. The van der Waals surface area contributed by atoms with Crippen LogP contribution in [-0.2, 0) is 29.1 Å². The van der Waals surface area contributed by atoms with Crippen molar-refractivity contribution in [2.45, 2.75) is 36.3 Å². The third kappa shape index (κ3) is 6.32. The number of thiazole rings is 1. The number of aromatic nitrogens is 1. The standard InChI is InChI=1S/C20H23FN4O6S2/c21-17-11-22-20(32-17)23-19(26)18(24-31-15-7-10-30-12-15)13-1-3-16(4-2-13)33(27,28)25-14-5-8-29-9-6-14/h1-4,11,14-15,25H,5-10,12H2,(H,22,23,26)/b24-18+/t15-/m1/s1. The average Bonchev–Trinajstić information content (AvgIpc) is 3.46. The first-order valence-corrected chi connectivity index (χ1v) is 12.7. The van der Waals surface area contributed by atoms with Crippen LogP contribution in [0.1, 0.15) is 24.8 Å². The average molecular weight is 499 g/mol. The molecule has 1 amide bonds. The first-order chi connectivity index (χ1) is 15.9. The molecule has 33 heavy (non-hydrogen) atoms. The predicted octanol–water partition coefficient (Wildman–Crippen LogP) is 1.89. The van der Waals surface area contributed by atoms with Crippen molar-refractivity contribution in [3.63, 3.8) is 0 Å². The molecule has 13 heteroatoms. The van der Waals surface area contributed by atoms with Crippen molar-refractivity contribution < 1.29 is 31.9 Å². The van der Waals surface area contributed by atoms with Crippen LogP contribution in [0.5, 0.6) is 0 Å². The molecule has 0 unspecified atom stereocenters. The lowest BCUT2D eigenvalue weighted by Crippen LogP contribution is -2.38. The molecule has 0 spiro atoms. The Balaban J connectivity index is 1.52. The largest absolute Gasteiger partial charge is 0.389 e. The highest BCUT2D eigenvalue weighted by Gasteiger charge is 2.24. The Morgan fingerprint density at radius 3 is 2.52 bits per heavy atom. The summed E-state index contributed by atoms with van der Waals surface area (Å²) in [7, 11) is -3.74. The Labute approximate surface area is 194 Å². The maximum atomic E-state index is 13.2. The second kappa shape index (κ2) is 10.7. The number of sulfonamides is 1. The molecule has 2 aliphatic rings. The van der Waals surface area contributed by atoms with Crippen LogP contribution in [0.2, 0.25) is 0 Å². The van der Waals surface area contributed by atoms with Crippen LogP contribution >= 0.6 is 11.3 Å². The molecule has 2 aliphatic heterocycles. The van der Waals surface area contributed by atoms with Crippen molar-refractivity contribution in [3.05, 3.63) is 41.2 Å². The summed E-state index contributed by atoms with van der Waals surface area (Å²) in [6.45, 7) is 1.91. The Morgan fingerprint density at radius 1 is 1.15 bits per heavy atom. The highest BCUT2D eigenvalue weighted by molar-refractivity contribution is 7.89. The van der Waals surface area contributed by atoms with E-state index in [1.807, 2.05) is 0 Å². The lowest BCUT2D eigenvalue weighted by atomic mass is 10.1. The third-order valence-corrected chi connectivity index (χ3v) is 7.31. The van der Waals surface area contributed by atoms with E-state index in [4.69, 9.17) is 14.3 Å². The molecule has 1 aromatic heterocycles. The Bertz CT molecular complexity index is 1090. The number of nitrogens with zero attached hydrogens (tertiary/aromatic N) is 2. The molecule has 0 saturated carbocycles. The summed E-state index contributed by atoms with van der Waals surface area (Å²) in [5.41, 5.74) is 0.229. The number of benzene rings is 1. The molecule has 2 aromatic rings. The number of hydrogen-bond acceptors (Lipinski definition) is 9. The minimum Gasteiger partial charge on any atom is -0.389 e. The number of anilines is 1. The molecule has 3 heterocycles. The van der Waals surface area contributed by atoms with Crippen LogP contribution in [0.4, 0.5) is 9.52 Å². The Hall–Kier alpha value is -2.45. The maximum Gasteiger partial charge on any atom is 0.280 e. The van der Waals surface area contributed by atoms with Gasteiger partial charge in [-0.05, 0) is 25.0 Å². The van der Waals surface area contributed by atoms with Gasteiger partial charge < -0.3 is 14.3 Å². The van der Waals surface area contributed by atoms with Crippen LogP contribution in [0, 0.1) is 5.13 Å². The van der Waals surface area contributed by atoms with E-state index in [-0.39, 0.29) is 27.9 Å². The van der Waals surface area contributed by atoms with E-state index in [0.29, 0.717) is 62.6 Å². The minimum absolute atomic E-state index is 0.0598. The van der Waals surface area contributed by atoms with Gasteiger partial charge in [-0.1, -0.05) is 28.6 Å². The molecule has 2 fully saturated rings. The lowest BCUT2D eigenvalue weighted by molar-refractivity contribution is -0.110. The van der Waals surface area contributed by atoms with Crippen LogP contribution < -0.4 is 10.0 Å². The van der Waals surface area contributed by atoms with Crippen LogP contribution in [0.3, 0.4) is 0 Å². The van der Waals surface area contributed by atoms with Gasteiger partial charge >= 0.3 is 0 Å². The van der Waals surface area contributed by atoms with Gasteiger partial charge in [0.15, 0.2) is 22.1 Å². The molecule has 2 saturated heterocycles. The predicted molar refractivity (Wildman–Crippen MR) is 118 cm³/mol. The van der Waals surface area contributed by atoms with Crippen molar-refractivity contribution in [1.82, 2.24) is 9.71 Å². The fraction of sp³-hybridized carbons (Fsp3) is 0.450. The molecule has 178 valence electrons. The van der Waals surface area contributed by atoms with Crippen LogP contribution in [0.25, 0.3) is 0 Å². The first kappa shape index (κ1) is 23.7.